The third-order valence-corrected chi connectivity index (χ3v) is 6.20. The van der Waals surface area contributed by atoms with Crippen LogP contribution in [-0.2, 0) is 4.79 Å². The molecule has 3 aromatic rings. The van der Waals surface area contributed by atoms with Crippen molar-refractivity contribution in [2.75, 3.05) is 19.1 Å². The van der Waals surface area contributed by atoms with Gasteiger partial charge in [0.1, 0.15) is 6.04 Å². The number of carbonyl (C=O) groups is 2. The minimum Gasteiger partial charge on any atom is -0.493 e. The number of rotatable bonds is 8. The zero-order valence-corrected chi connectivity index (χ0v) is 19.7. The molecule has 2 amide bonds. The Bertz CT molecular complexity index is 1120. The number of para-hydroxylation sites is 1. The molecule has 1 aliphatic carbocycles. The van der Waals surface area contributed by atoms with Gasteiger partial charge >= 0.3 is 0 Å². The Hall–Kier alpha value is -3.74. The quantitative estimate of drug-likeness (QED) is 0.507. The third-order valence-electron chi connectivity index (χ3n) is 6.20. The van der Waals surface area contributed by atoms with Gasteiger partial charge in [0, 0.05) is 17.3 Å². The Balaban J connectivity index is 1.88. The Morgan fingerprint density at radius 3 is 2.35 bits per heavy atom. The summed E-state index contributed by atoms with van der Waals surface area (Å²) in [5, 5.41) is 3.17. The maximum absolute atomic E-state index is 13.9. The standard InChI is InChI=1S/C27H30N2O5/c1-18-13-15-20(16-14-18)29(27(31)23-12-7-17-34-23)24(26(30)28-19-8-4-5-9-19)21-10-6-11-22(32-2)25(21)33-3/h6-7,10-17,19,24H,4-5,8-9H2,1-3H3,(H,28,30)/t24-/m0/s1. The summed E-state index contributed by atoms with van der Waals surface area (Å²) in [6, 6.07) is 15.1. The van der Waals surface area contributed by atoms with Gasteiger partial charge in [0.2, 0.25) is 5.91 Å². The van der Waals surface area contributed by atoms with Crippen molar-refractivity contribution in [1.82, 2.24) is 5.32 Å². The Morgan fingerprint density at radius 2 is 1.74 bits per heavy atom. The number of hydrogen-bond donors (Lipinski definition) is 1. The van der Waals surface area contributed by atoms with E-state index in [4.69, 9.17) is 13.9 Å². The van der Waals surface area contributed by atoms with Crippen LogP contribution in [0, 0.1) is 6.92 Å². The molecule has 2 aromatic carbocycles. The first-order valence-electron chi connectivity index (χ1n) is 11.5. The minimum absolute atomic E-state index is 0.0742. The average molecular weight is 463 g/mol. The van der Waals surface area contributed by atoms with Gasteiger partial charge in [-0.05, 0) is 50.1 Å². The number of carbonyl (C=O) groups excluding carboxylic acids is 2. The second-order valence-corrected chi connectivity index (χ2v) is 8.46. The molecule has 0 bridgehead atoms. The number of aryl methyl sites for hydroxylation is 1. The van der Waals surface area contributed by atoms with Crippen LogP contribution >= 0.6 is 0 Å². The smallest absolute Gasteiger partial charge is 0.294 e. The van der Waals surface area contributed by atoms with Crippen LogP contribution < -0.4 is 19.7 Å². The summed E-state index contributed by atoms with van der Waals surface area (Å²) >= 11 is 0. The average Bonchev–Trinajstić information content (AvgIpc) is 3.57. The molecule has 0 saturated heterocycles. The molecule has 1 saturated carbocycles. The van der Waals surface area contributed by atoms with Crippen molar-refractivity contribution in [2.24, 2.45) is 0 Å². The number of furan rings is 1. The zero-order valence-electron chi connectivity index (χ0n) is 19.7. The van der Waals surface area contributed by atoms with Crippen LogP contribution in [0.3, 0.4) is 0 Å². The second kappa shape index (κ2) is 10.5. The number of methoxy groups -OCH3 is 2. The molecular formula is C27H30N2O5. The molecule has 0 unspecified atom stereocenters. The number of nitrogens with one attached hydrogen (secondary N) is 1. The Kier molecular flexibility index (Phi) is 7.21. The topological polar surface area (TPSA) is 81.0 Å². The second-order valence-electron chi connectivity index (χ2n) is 8.46. The highest BCUT2D eigenvalue weighted by molar-refractivity contribution is 6.09. The van der Waals surface area contributed by atoms with Gasteiger partial charge in [-0.2, -0.15) is 0 Å². The molecule has 7 heteroatoms. The van der Waals surface area contributed by atoms with E-state index in [0.29, 0.717) is 22.7 Å². The summed E-state index contributed by atoms with van der Waals surface area (Å²) in [7, 11) is 3.07. The predicted molar refractivity (Wildman–Crippen MR) is 129 cm³/mol. The van der Waals surface area contributed by atoms with Gasteiger partial charge in [0.05, 0.1) is 20.5 Å². The van der Waals surface area contributed by atoms with Crippen LogP contribution in [0.25, 0.3) is 0 Å². The van der Waals surface area contributed by atoms with Gasteiger partial charge in [-0.3, -0.25) is 14.5 Å². The first kappa shape index (κ1) is 23.4. The van der Waals surface area contributed by atoms with Crippen molar-refractivity contribution >= 4 is 17.5 Å². The van der Waals surface area contributed by atoms with Crippen LogP contribution in [0.2, 0.25) is 0 Å². The number of benzene rings is 2. The molecule has 1 heterocycles. The van der Waals surface area contributed by atoms with Crippen molar-refractivity contribution in [1.29, 1.82) is 0 Å². The molecule has 1 fully saturated rings. The van der Waals surface area contributed by atoms with Gasteiger partial charge in [0.25, 0.3) is 5.91 Å². The van der Waals surface area contributed by atoms with E-state index in [9.17, 15) is 9.59 Å². The molecule has 0 aliphatic heterocycles. The lowest BCUT2D eigenvalue weighted by Crippen LogP contribution is -2.46. The number of hydrogen-bond acceptors (Lipinski definition) is 5. The molecule has 7 nitrogen and oxygen atoms in total. The molecule has 34 heavy (non-hydrogen) atoms. The highest BCUT2D eigenvalue weighted by atomic mass is 16.5. The van der Waals surface area contributed by atoms with Gasteiger partial charge in [0.15, 0.2) is 17.3 Å². The lowest BCUT2D eigenvalue weighted by atomic mass is 10.00. The summed E-state index contributed by atoms with van der Waals surface area (Å²) in [6.45, 7) is 1.97. The summed E-state index contributed by atoms with van der Waals surface area (Å²) in [5.74, 6) is 0.319. The van der Waals surface area contributed by atoms with Crippen molar-refractivity contribution in [3.8, 4) is 11.5 Å². The number of anilines is 1. The number of nitrogens with zero attached hydrogens (tertiary/aromatic N) is 1. The lowest BCUT2D eigenvalue weighted by molar-refractivity contribution is -0.123. The first-order chi connectivity index (χ1) is 16.5. The summed E-state index contributed by atoms with van der Waals surface area (Å²) in [6.07, 6.45) is 5.44. The fourth-order valence-electron chi connectivity index (χ4n) is 4.48. The zero-order chi connectivity index (χ0) is 24.1. The molecule has 1 atom stereocenters. The van der Waals surface area contributed by atoms with E-state index in [-0.39, 0.29) is 17.7 Å². The van der Waals surface area contributed by atoms with Gasteiger partial charge < -0.3 is 19.2 Å². The third kappa shape index (κ3) is 4.78. The normalized spacial score (nSPS) is 14.4. The SMILES string of the molecule is COc1cccc([C@@H](C(=O)NC2CCCC2)N(C(=O)c2ccco2)c2ccc(C)cc2)c1OC. The van der Waals surface area contributed by atoms with Crippen molar-refractivity contribution < 1.29 is 23.5 Å². The van der Waals surface area contributed by atoms with E-state index in [2.05, 4.69) is 5.32 Å². The molecule has 1 aliphatic rings. The van der Waals surface area contributed by atoms with Crippen LogP contribution in [0.4, 0.5) is 5.69 Å². The van der Waals surface area contributed by atoms with Crippen LogP contribution in [-0.4, -0.2) is 32.1 Å². The van der Waals surface area contributed by atoms with Crippen LogP contribution in [0.15, 0.2) is 65.3 Å². The highest BCUT2D eigenvalue weighted by Crippen LogP contribution is 2.40. The number of amides is 2. The van der Waals surface area contributed by atoms with Crippen molar-refractivity contribution in [3.63, 3.8) is 0 Å². The van der Waals surface area contributed by atoms with Gasteiger partial charge in [-0.15, -0.1) is 0 Å². The Morgan fingerprint density at radius 1 is 1.00 bits per heavy atom. The lowest BCUT2D eigenvalue weighted by Gasteiger charge is -2.32. The molecule has 0 spiro atoms. The molecule has 1 N–H and O–H groups in total. The van der Waals surface area contributed by atoms with Gasteiger partial charge in [-0.1, -0.05) is 42.7 Å². The highest BCUT2D eigenvalue weighted by Gasteiger charge is 2.38. The van der Waals surface area contributed by atoms with Crippen molar-refractivity contribution in [2.45, 2.75) is 44.7 Å². The molecular weight excluding hydrogens is 432 g/mol. The van der Waals surface area contributed by atoms with E-state index in [1.807, 2.05) is 31.2 Å². The summed E-state index contributed by atoms with van der Waals surface area (Å²) < 4.78 is 16.6. The van der Waals surface area contributed by atoms with E-state index in [0.717, 1.165) is 31.2 Å². The fraction of sp³-hybridized carbons (Fsp3) is 0.333. The van der Waals surface area contributed by atoms with E-state index in [1.165, 1.54) is 18.3 Å². The first-order valence-corrected chi connectivity index (χ1v) is 11.5. The number of ether oxygens (including phenoxy) is 2. The predicted octanol–water partition coefficient (Wildman–Crippen LogP) is 5.05. The largest absolute Gasteiger partial charge is 0.493 e. The van der Waals surface area contributed by atoms with E-state index < -0.39 is 11.9 Å². The summed E-state index contributed by atoms with van der Waals surface area (Å²) in [4.78, 5) is 29.1. The van der Waals surface area contributed by atoms with E-state index in [1.54, 1.807) is 37.4 Å². The molecule has 4 rings (SSSR count). The fourth-order valence-corrected chi connectivity index (χ4v) is 4.48. The van der Waals surface area contributed by atoms with Crippen LogP contribution in [0.5, 0.6) is 11.5 Å². The molecule has 0 radical (unpaired) electrons. The van der Waals surface area contributed by atoms with E-state index >= 15 is 0 Å². The van der Waals surface area contributed by atoms with Crippen LogP contribution in [0.1, 0.15) is 53.4 Å². The minimum atomic E-state index is -1.01. The van der Waals surface area contributed by atoms with Crippen molar-refractivity contribution in [3.05, 3.63) is 77.7 Å². The maximum Gasteiger partial charge on any atom is 0.294 e. The molecule has 178 valence electrons. The Labute approximate surface area is 199 Å². The van der Waals surface area contributed by atoms with Gasteiger partial charge in [-0.25, -0.2) is 0 Å². The summed E-state index contributed by atoms with van der Waals surface area (Å²) in [5.41, 5.74) is 2.14. The molecule has 1 aromatic heterocycles. The monoisotopic (exact) mass is 462 g/mol. The maximum atomic E-state index is 13.9.